The molecule has 1 aromatic carbocycles. The van der Waals surface area contributed by atoms with Crippen molar-refractivity contribution >= 4 is 27.8 Å². The van der Waals surface area contributed by atoms with Crippen LogP contribution in [0.1, 0.15) is 48.9 Å². The second kappa shape index (κ2) is 8.32. The lowest BCUT2D eigenvalue weighted by atomic mass is 9.85. The standard InChI is InChI=1S/C17H22BrNO3/c1-22-17(21)15(11-12-5-3-2-4-6-12)19-16(20)13-7-9-14(18)10-8-13/h7-10,12,15H,2-6,11H2,1H3,(H,19,20). The van der Waals surface area contributed by atoms with E-state index in [1.165, 1.54) is 26.4 Å². The Hall–Kier alpha value is -1.36. The number of nitrogens with one attached hydrogen (secondary N) is 1. The molecule has 1 atom stereocenters. The number of hydrogen-bond donors (Lipinski definition) is 1. The van der Waals surface area contributed by atoms with Crippen LogP contribution in [0.15, 0.2) is 28.7 Å². The van der Waals surface area contributed by atoms with Crippen molar-refractivity contribution in [3.05, 3.63) is 34.3 Å². The normalized spacial score (nSPS) is 16.8. The van der Waals surface area contributed by atoms with Gasteiger partial charge in [0.05, 0.1) is 7.11 Å². The van der Waals surface area contributed by atoms with Gasteiger partial charge in [-0.3, -0.25) is 4.79 Å². The summed E-state index contributed by atoms with van der Waals surface area (Å²) >= 11 is 3.34. The molecule has 0 spiro atoms. The minimum Gasteiger partial charge on any atom is -0.467 e. The van der Waals surface area contributed by atoms with E-state index in [-0.39, 0.29) is 11.9 Å². The van der Waals surface area contributed by atoms with Crippen molar-refractivity contribution in [1.82, 2.24) is 5.32 Å². The molecule has 5 heteroatoms. The lowest BCUT2D eigenvalue weighted by molar-refractivity contribution is -0.143. The van der Waals surface area contributed by atoms with E-state index in [0.29, 0.717) is 17.9 Å². The Labute approximate surface area is 139 Å². The average molecular weight is 368 g/mol. The Morgan fingerprint density at radius 1 is 1.23 bits per heavy atom. The summed E-state index contributed by atoms with van der Waals surface area (Å²) in [5.41, 5.74) is 0.542. The van der Waals surface area contributed by atoms with Crippen LogP contribution in [0.4, 0.5) is 0 Å². The van der Waals surface area contributed by atoms with Crippen LogP contribution < -0.4 is 5.32 Å². The first kappa shape index (κ1) is 17.0. The van der Waals surface area contributed by atoms with Crippen molar-refractivity contribution in [2.24, 2.45) is 5.92 Å². The SMILES string of the molecule is COC(=O)C(CC1CCCCC1)NC(=O)c1ccc(Br)cc1. The topological polar surface area (TPSA) is 55.4 Å². The number of halogens is 1. The van der Waals surface area contributed by atoms with Crippen molar-refractivity contribution in [2.75, 3.05) is 7.11 Å². The third-order valence-corrected chi connectivity index (χ3v) is 4.72. The molecule has 4 nitrogen and oxygen atoms in total. The highest BCUT2D eigenvalue weighted by atomic mass is 79.9. The zero-order valence-electron chi connectivity index (χ0n) is 12.8. The molecule has 22 heavy (non-hydrogen) atoms. The number of amides is 1. The monoisotopic (exact) mass is 367 g/mol. The molecule has 1 amide bonds. The van der Waals surface area contributed by atoms with Gasteiger partial charge in [-0.05, 0) is 36.6 Å². The van der Waals surface area contributed by atoms with Gasteiger partial charge in [-0.1, -0.05) is 48.0 Å². The number of carbonyl (C=O) groups excluding carboxylic acids is 2. The van der Waals surface area contributed by atoms with Crippen molar-refractivity contribution in [1.29, 1.82) is 0 Å². The molecule has 1 aliphatic rings. The van der Waals surface area contributed by atoms with Gasteiger partial charge >= 0.3 is 5.97 Å². The Kier molecular flexibility index (Phi) is 6.43. The van der Waals surface area contributed by atoms with Crippen LogP contribution in [0.5, 0.6) is 0 Å². The largest absolute Gasteiger partial charge is 0.467 e. The predicted molar refractivity (Wildman–Crippen MR) is 88.6 cm³/mol. The van der Waals surface area contributed by atoms with Gasteiger partial charge in [-0.2, -0.15) is 0 Å². The number of carbonyl (C=O) groups is 2. The first-order chi connectivity index (χ1) is 10.6. The van der Waals surface area contributed by atoms with Crippen LogP contribution in [0.3, 0.4) is 0 Å². The third kappa shape index (κ3) is 4.83. The maximum absolute atomic E-state index is 12.3. The predicted octanol–water partition coefficient (Wildman–Crippen LogP) is 3.69. The zero-order valence-corrected chi connectivity index (χ0v) is 14.4. The van der Waals surface area contributed by atoms with Crippen LogP contribution in [-0.4, -0.2) is 25.0 Å². The second-order valence-electron chi connectivity index (χ2n) is 5.80. The molecule has 1 saturated carbocycles. The Bertz CT molecular complexity index is 509. The Morgan fingerprint density at radius 2 is 1.86 bits per heavy atom. The molecule has 1 unspecified atom stereocenters. The summed E-state index contributed by atoms with van der Waals surface area (Å²) in [5.74, 6) is -0.113. The number of esters is 1. The van der Waals surface area contributed by atoms with Gasteiger partial charge in [0.1, 0.15) is 6.04 Å². The summed E-state index contributed by atoms with van der Waals surface area (Å²) in [4.78, 5) is 24.3. The number of hydrogen-bond acceptors (Lipinski definition) is 3. The molecule has 0 radical (unpaired) electrons. The first-order valence-electron chi connectivity index (χ1n) is 7.74. The summed E-state index contributed by atoms with van der Waals surface area (Å²) in [6, 6.07) is 6.51. The highest BCUT2D eigenvalue weighted by Crippen LogP contribution is 2.27. The maximum atomic E-state index is 12.3. The molecule has 0 aliphatic heterocycles. The first-order valence-corrected chi connectivity index (χ1v) is 8.53. The van der Waals surface area contributed by atoms with Crippen LogP contribution in [0.2, 0.25) is 0 Å². The maximum Gasteiger partial charge on any atom is 0.328 e. The van der Waals surface area contributed by atoms with E-state index < -0.39 is 6.04 Å². The summed E-state index contributed by atoms with van der Waals surface area (Å²) < 4.78 is 5.76. The van der Waals surface area contributed by atoms with Gasteiger partial charge < -0.3 is 10.1 Å². The molecule has 0 aromatic heterocycles. The number of methoxy groups -OCH3 is 1. The molecule has 0 heterocycles. The van der Waals surface area contributed by atoms with Crippen LogP contribution >= 0.6 is 15.9 Å². The van der Waals surface area contributed by atoms with Gasteiger partial charge in [-0.15, -0.1) is 0 Å². The van der Waals surface area contributed by atoms with E-state index >= 15 is 0 Å². The van der Waals surface area contributed by atoms with Crippen molar-refractivity contribution in [3.63, 3.8) is 0 Å². The summed E-state index contributed by atoms with van der Waals surface area (Å²) in [7, 11) is 1.36. The van der Waals surface area contributed by atoms with Crippen molar-refractivity contribution in [3.8, 4) is 0 Å². The molecule has 1 fully saturated rings. The van der Waals surface area contributed by atoms with E-state index in [1.54, 1.807) is 12.1 Å². The smallest absolute Gasteiger partial charge is 0.328 e. The minimum absolute atomic E-state index is 0.237. The summed E-state index contributed by atoms with van der Waals surface area (Å²) in [6.45, 7) is 0. The van der Waals surface area contributed by atoms with E-state index in [0.717, 1.165) is 17.3 Å². The molecule has 2 rings (SSSR count). The lowest BCUT2D eigenvalue weighted by Crippen LogP contribution is -2.43. The highest BCUT2D eigenvalue weighted by molar-refractivity contribution is 9.10. The van der Waals surface area contributed by atoms with Gasteiger partial charge in [-0.25, -0.2) is 4.79 Å². The average Bonchev–Trinajstić information content (AvgIpc) is 2.55. The number of ether oxygens (including phenoxy) is 1. The molecule has 0 bridgehead atoms. The van der Waals surface area contributed by atoms with E-state index in [9.17, 15) is 9.59 Å². The van der Waals surface area contributed by atoms with E-state index in [1.807, 2.05) is 12.1 Å². The second-order valence-corrected chi connectivity index (χ2v) is 6.71. The lowest BCUT2D eigenvalue weighted by Gasteiger charge is -2.25. The highest BCUT2D eigenvalue weighted by Gasteiger charge is 2.26. The fourth-order valence-electron chi connectivity index (χ4n) is 2.96. The Morgan fingerprint density at radius 3 is 2.45 bits per heavy atom. The quantitative estimate of drug-likeness (QED) is 0.807. The summed E-state index contributed by atoms with van der Waals surface area (Å²) in [5, 5.41) is 2.82. The molecule has 0 saturated heterocycles. The van der Waals surface area contributed by atoms with Crippen LogP contribution in [0.25, 0.3) is 0 Å². The number of rotatable bonds is 5. The minimum atomic E-state index is -0.566. The van der Waals surface area contributed by atoms with E-state index in [4.69, 9.17) is 4.74 Å². The van der Waals surface area contributed by atoms with Crippen molar-refractivity contribution < 1.29 is 14.3 Å². The van der Waals surface area contributed by atoms with Gasteiger partial charge in [0.2, 0.25) is 0 Å². The molecule has 1 N–H and O–H groups in total. The summed E-state index contributed by atoms with van der Waals surface area (Å²) in [6.07, 6.45) is 6.60. The zero-order chi connectivity index (χ0) is 15.9. The fraction of sp³-hybridized carbons (Fsp3) is 0.529. The molecule has 1 aliphatic carbocycles. The van der Waals surface area contributed by atoms with Gasteiger partial charge in [0.15, 0.2) is 0 Å². The van der Waals surface area contributed by atoms with Crippen LogP contribution in [-0.2, 0) is 9.53 Å². The molecular formula is C17H22BrNO3. The van der Waals surface area contributed by atoms with Crippen LogP contribution in [0, 0.1) is 5.92 Å². The van der Waals surface area contributed by atoms with Crippen molar-refractivity contribution in [2.45, 2.75) is 44.6 Å². The van der Waals surface area contributed by atoms with Gasteiger partial charge in [0, 0.05) is 10.0 Å². The number of benzene rings is 1. The Balaban J connectivity index is 2.00. The molecule has 120 valence electrons. The molecule has 1 aromatic rings. The third-order valence-electron chi connectivity index (χ3n) is 4.19. The van der Waals surface area contributed by atoms with Gasteiger partial charge in [0.25, 0.3) is 5.91 Å². The van der Waals surface area contributed by atoms with E-state index in [2.05, 4.69) is 21.2 Å². The molecular weight excluding hydrogens is 346 g/mol. The fourth-order valence-corrected chi connectivity index (χ4v) is 3.22.